The Hall–Kier alpha value is -13.7. The Morgan fingerprint density at radius 2 is 0.568 bits per heavy atom. The minimum Gasteiger partial charge on any atom is -0.439 e. The smallest absolute Gasteiger partial charge is 0.219 e. The molecule has 0 amide bonds. The minimum absolute atomic E-state index is 0.351. The topological polar surface area (TPSA) is 324 Å². The summed E-state index contributed by atoms with van der Waals surface area (Å²) in [4.78, 5) is 24.0. The molecular weight excluding hydrogens is 1850 g/mol. The molecule has 6 aliphatic rings. The van der Waals surface area contributed by atoms with Gasteiger partial charge in [0.25, 0.3) is 0 Å². The lowest BCUT2D eigenvalue weighted by Crippen LogP contribution is -2.30. The monoisotopic (exact) mass is 2000 g/mol. The summed E-state index contributed by atoms with van der Waals surface area (Å²) in [6, 6.07) is 63.4. The maximum absolute atomic E-state index is 6.25. The highest BCUT2D eigenvalue weighted by Gasteiger charge is 2.31. The molecule has 1 saturated carbocycles. The molecule has 148 heavy (non-hydrogen) atoms. The van der Waals surface area contributed by atoms with Gasteiger partial charge in [0.05, 0.1) is 87.1 Å². The quantitative estimate of drug-likeness (QED) is 0.0304. The molecule has 5 saturated heterocycles. The van der Waals surface area contributed by atoms with Gasteiger partial charge in [0.1, 0.15) is 57.2 Å². The van der Waals surface area contributed by atoms with E-state index in [1.165, 1.54) is 94.2 Å². The SMILES string of the molecule is CCC(C)c1cc(C)cc(Oc2cccc(-c3c(C)nnn3C3CCNCC3)n2)c1.CCCCc1cc(C)cc(Oc2cccc(-c3c(C)nnn3C3CCNCC3)n2)c1.CCc1cc(C)cc(Oc2cccc(-c3c(C)nnn3C3CCNCC3)n2)c1.Cc1cc(Oc2cccc(-c3c(C)nnn3C3CCNCC3)n2)cc(C(C)C)c1.Cc1cc(Oc2cccc(-c3c(C)nnn3C3CCNCC3)n2)cc(C2CCCC2)c1. The maximum Gasteiger partial charge on any atom is 0.219 e. The molecule has 30 nitrogen and oxygen atoms in total. The van der Waals surface area contributed by atoms with Gasteiger partial charge in [0, 0.05) is 30.3 Å². The number of rotatable bonds is 28. The van der Waals surface area contributed by atoms with Crippen LogP contribution in [-0.2, 0) is 12.8 Å². The summed E-state index contributed by atoms with van der Waals surface area (Å²) in [6.45, 7) is 43.8. The summed E-state index contributed by atoms with van der Waals surface area (Å²) in [5.41, 5.74) is 26.2. The van der Waals surface area contributed by atoms with E-state index in [-0.39, 0.29) is 0 Å². The fourth-order valence-corrected chi connectivity index (χ4v) is 20.9. The van der Waals surface area contributed by atoms with E-state index in [9.17, 15) is 0 Å². The number of aromatic nitrogens is 20. The number of hydrogen-bond acceptors (Lipinski definition) is 25. The summed E-state index contributed by atoms with van der Waals surface area (Å²) in [5, 5.41) is 61.0. The molecule has 0 spiro atoms. The fraction of sp³-hybridized carbons (Fsp3) is 0.449. The molecule has 1 unspecified atom stereocenters. The van der Waals surface area contributed by atoms with Crippen LogP contribution < -0.4 is 50.3 Å². The van der Waals surface area contributed by atoms with Crippen molar-refractivity contribution in [1.29, 1.82) is 0 Å². The van der Waals surface area contributed by atoms with Crippen molar-refractivity contribution in [2.24, 2.45) is 0 Å². The normalized spacial score (nSPS) is 15.7. The number of hydrogen-bond donors (Lipinski definition) is 5. The fourth-order valence-electron chi connectivity index (χ4n) is 20.9. The van der Waals surface area contributed by atoms with Gasteiger partial charge >= 0.3 is 0 Å². The van der Waals surface area contributed by atoms with Gasteiger partial charge in [0.2, 0.25) is 29.4 Å². The predicted octanol–water partition coefficient (Wildman–Crippen LogP) is 24.6. The highest BCUT2D eigenvalue weighted by molar-refractivity contribution is 5.63. The number of benzene rings is 5. The Labute approximate surface area is 872 Å². The number of pyridine rings is 5. The molecule has 0 radical (unpaired) electrons. The highest BCUT2D eigenvalue weighted by atomic mass is 16.5. The van der Waals surface area contributed by atoms with Crippen LogP contribution >= 0.6 is 0 Å². The second-order valence-corrected chi connectivity index (χ2v) is 41.0. The number of aryl methyl sites for hydroxylation is 12. The molecule has 1 atom stereocenters. The molecule has 15 heterocycles. The first-order valence-corrected chi connectivity index (χ1v) is 54.0. The summed E-state index contributed by atoms with van der Waals surface area (Å²) >= 11 is 0. The highest BCUT2D eigenvalue weighted by Crippen LogP contribution is 2.42. The molecule has 5 aliphatic heterocycles. The van der Waals surface area contributed by atoms with Crippen molar-refractivity contribution in [2.75, 3.05) is 65.4 Å². The van der Waals surface area contributed by atoms with Crippen LogP contribution in [0, 0.1) is 69.2 Å². The van der Waals surface area contributed by atoms with Crippen LogP contribution in [0.4, 0.5) is 0 Å². The first-order chi connectivity index (χ1) is 72.0. The van der Waals surface area contributed by atoms with E-state index in [0.717, 1.165) is 263 Å². The largest absolute Gasteiger partial charge is 0.439 e. The summed E-state index contributed by atoms with van der Waals surface area (Å²) < 4.78 is 41.1. The van der Waals surface area contributed by atoms with Gasteiger partial charge in [-0.15, -0.1) is 25.5 Å². The van der Waals surface area contributed by atoms with Crippen LogP contribution in [-0.4, -0.2) is 165 Å². The van der Waals surface area contributed by atoms with Crippen molar-refractivity contribution >= 4 is 0 Å². The molecule has 6 fully saturated rings. The number of nitrogens with zero attached hydrogens (tertiary/aromatic N) is 20. The minimum atomic E-state index is 0.351. The molecule has 1 aliphatic carbocycles. The van der Waals surface area contributed by atoms with Crippen LogP contribution in [0.2, 0.25) is 0 Å². The molecule has 15 aromatic rings. The van der Waals surface area contributed by atoms with Crippen LogP contribution in [0.3, 0.4) is 0 Å². The van der Waals surface area contributed by atoms with E-state index >= 15 is 0 Å². The van der Waals surface area contributed by atoms with Crippen molar-refractivity contribution in [3.63, 3.8) is 0 Å². The van der Waals surface area contributed by atoms with Crippen molar-refractivity contribution in [3.05, 3.63) is 266 Å². The first kappa shape index (κ1) is 106. The van der Waals surface area contributed by atoms with E-state index < -0.39 is 0 Å². The second-order valence-electron chi connectivity index (χ2n) is 41.0. The third kappa shape index (κ3) is 27.5. The van der Waals surface area contributed by atoms with E-state index in [2.05, 4.69) is 247 Å². The van der Waals surface area contributed by atoms with E-state index in [0.29, 0.717) is 77.4 Å². The predicted molar refractivity (Wildman–Crippen MR) is 584 cm³/mol. The van der Waals surface area contributed by atoms with Gasteiger partial charge in [-0.1, -0.05) is 148 Å². The van der Waals surface area contributed by atoms with E-state index in [1.54, 1.807) is 0 Å². The van der Waals surface area contributed by atoms with Crippen LogP contribution in [0.25, 0.3) is 56.9 Å². The van der Waals surface area contributed by atoms with Gasteiger partial charge in [-0.2, -0.15) is 0 Å². The van der Waals surface area contributed by atoms with Gasteiger partial charge in [-0.25, -0.2) is 48.3 Å². The Morgan fingerprint density at radius 1 is 0.297 bits per heavy atom. The number of piperidine rings is 5. The Morgan fingerprint density at radius 3 is 0.865 bits per heavy atom. The van der Waals surface area contributed by atoms with Gasteiger partial charge < -0.3 is 50.3 Å². The molecule has 5 N–H and O–H groups in total. The molecule has 21 rings (SSSR count). The van der Waals surface area contributed by atoms with Crippen LogP contribution in [0.5, 0.6) is 58.1 Å². The molecular formula is C118H149N25O5. The lowest BCUT2D eigenvalue weighted by atomic mass is 9.96. The Bertz CT molecular complexity index is 6880. The van der Waals surface area contributed by atoms with Gasteiger partial charge in [0.15, 0.2) is 0 Å². The van der Waals surface area contributed by atoms with Crippen molar-refractivity contribution in [3.8, 4) is 115 Å². The summed E-state index contributed by atoms with van der Waals surface area (Å²) in [7, 11) is 0. The lowest BCUT2D eigenvalue weighted by Gasteiger charge is -2.24. The van der Waals surface area contributed by atoms with Crippen molar-refractivity contribution < 1.29 is 23.7 Å². The molecule has 776 valence electrons. The number of nitrogens with one attached hydrogen (secondary N) is 5. The standard InChI is InChI=1S/C25H31N5O.2C24H31N5O.C23H29N5O.C22H27N5O/c1-17-14-20(19-6-3-4-7-19)16-22(15-17)31-24-9-5-8-23(27-24)25-18(2)28-29-30(25)21-10-12-26-13-11-21;1-5-17(3)19-13-16(2)14-21(15-19)30-23-8-6-7-22(26-23)24-18(4)27-28-29(24)20-9-11-25-12-10-20;1-4-5-7-19-14-17(2)15-21(16-19)30-23-9-6-8-22(26-23)24-18(3)27-28-29(24)20-10-12-25-13-11-20;1-15(2)18-12-16(3)13-20(14-18)29-22-7-5-6-21(25-22)23-17(4)26-27-28(23)19-8-10-24-11-9-19;1-4-17-12-15(2)13-19(14-17)28-21-7-5-6-20(24-21)22-16(3)25-26-27(22)18-8-10-23-11-9-18/h5,8-9,14-16,19,21,26H,3-4,6-7,10-13H2,1-2H3;6-8,13-15,17,20,25H,5,9-12H2,1-4H3;6,8-9,14-16,20,25H,4-5,7,10-13H2,1-3H3;5-7,12-15,19,24H,8-11H2,1-4H3;5-7,12-14,18,23H,4,8-11H2,1-3H3. The summed E-state index contributed by atoms with van der Waals surface area (Å²) in [5.74, 6) is 8.75. The average Bonchev–Trinajstić information content (AvgIpc) is 1.66. The Balaban J connectivity index is 0.000000126. The van der Waals surface area contributed by atoms with Gasteiger partial charge in [-0.05, 0) is 402 Å². The van der Waals surface area contributed by atoms with E-state index in [1.807, 2.05) is 147 Å². The van der Waals surface area contributed by atoms with Crippen molar-refractivity contribution in [2.45, 2.75) is 281 Å². The maximum atomic E-state index is 6.25. The van der Waals surface area contributed by atoms with Crippen LogP contribution in [0.15, 0.2) is 182 Å². The summed E-state index contributed by atoms with van der Waals surface area (Å²) in [6.07, 6.45) is 21.3. The molecule has 0 bridgehead atoms. The average molecular weight is 2000 g/mol. The zero-order valence-electron chi connectivity index (χ0n) is 89.4. The zero-order valence-corrected chi connectivity index (χ0v) is 89.4. The molecule has 30 heteroatoms. The molecule has 10 aromatic heterocycles. The van der Waals surface area contributed by atoms with Gasteiger partial charge in [-0.3, -0.25) is 0 Å². The molecule has 5 aromatic carbocycles. The lowest BCUT2D eigenvalue weighted by molar-refractivity contribution is 0.340. The van der Waals surface area contributed by atoms with Crippen molar-refractivity contribution in [1.82, 2.24) is 126 Å². The number of unbranched alkanes of at least 4 members (excludes halogenated alkanes) is 1. The third-order valence-corrected chi connectivity index (χ3v) is 28.9. The number of ether oxygens (including phenoxy) is 5. The Kier molecular flexibility index (Phi) is 36.3. The van der Waals surface area contributed by atoms with Crippen LogP contribution in [0.1, 0.15) is 283 Å². The first-order valence-electron chi connectivity index (χ1n) is 54.0. The van der Waals surface area contributed by atoms with E-state index in [4.69, 9.17) is 48.6 Å². The third-order valence-electron chi connectivity index (χ3n) is 28.9. The zero-order chi connectivity index (χ0) is 103. The second kappa shape index (κ2) is 50.8.